The first-order valence-electron chi connectivity index (χ1n) is 11.6. The maximum absolute atomic E-state index is 13.2. The summed E-state index contributed by atoms with van der Waals surface area (Å²) in [5.74, 6) is 0.387. The summed E-state index contributed by atoms with van der Waals surface area (Å²) < 4.78 is 33.4. The van der Waals surface area contributed by atoms with Crippen LogP contribution in [-0.2, 0) is 14.9 Å². The van der Waals surface area contributed by atoms with Gasteiger partial charge in [0.1, 0.15) is 23.0 Å². The lowest BCUT2D eigenvalue weighted by atomic mass is 10.0. The van der Waals surface area contributed by atoms with E-state index >= 15 is 0 Å². The van der Waals surface area contributed by atoms with Crippen LogP contribution in [0.3, 0.4) is 0 Å². The number of aromatic nitrogens is 2. The third-order valence-corrected chi connectivity index (χ3v) is 7.57. The van der Waals surface area contributed by atoms with E-state index in [1.165, 1.54) is 22.5 Å². The molecular formula is C22H30N6O7S. The second-order valence-electron chi connectivity index (χ2n) is 8.24. The van der Waals surface area contributed by atoms with Crippen molar-refractivity contribution < 1.29 is 23.1 Å². The zero-order chi connectivity index (χ0) is 26.5. The van der Waals surface area contributed by atoms with Crippen LogP contribution in [0, 0.1) is 21.4 Å². The molecule has 1 aromatic carbocycles. The Bertz CT molecular complexity index is 1290. The minimum atomic E-state index is -3.87. The molecule has 0 bridgehead atoms. The summed E-state index contributed by atoms with van der Waals surface area (Å²) in [6, 6.07) is 4.33. The first kappa shape index (κ1) is 27.1. The largest absolute Gasteiger partial charge is 0.493 e. The maximum Gasteiger partial charge on any atom is 0.294 e. The number of H-pyrrole nitrogens is 1. The molecule has 1 fully saturated rings. The predicted octanol–water partition coefficient (Wildman–Crippen LogP) is 2.26. The molecule has 1 aromatic heterocycles. The third kappa shape index (κ3) is 5.82. The molecule has 14 heteroatoms. The zero-order valence-corrected chi connectivity index (χ0v) is 21.2. The van der Waals surface area contributed by atoms with Gasteiger partial charge < -0.3 is 25.3 Å². The van der Waals surface area contributed by atoms with Crippen LogP contribution in [0.15, 0.2) is 27.9 Å². The topological polar surface area (TPSA) is 181 Å². The molecule has 2 aromatic rings. The lowest BCUT2D eigenvalue weighted by Gasteiger charge is -2.38. The van der Waals surface area contributed by atoms with Gasteiger partial charge in [0.25, 0.3) is 10.6 Å². The van der Waals surface area contributed by atoms with Crippen LogP contribution < -0.4 is 15.6 Å². The fourth-order valence-electron chi connectivity index (χ4n) is 3.90. The van der Waals surface area contributed by atoms with Crippen molar-refractivity contribution in [3.05, 3.63) is 44.4 Å². The summed E-state index contributed by atoms with van der Waals surface area (Å²) in [5, 5.41) is 20.6. The molecule has 0 amide bonds. The number of sulfonamides is 1. The fourth-order valence-corrected chi connectivity index (χ4v) is 5.52. The van der Waals surface area contributed by atoms with Gasteiger partial charge in [-0.15, -0.1) is 10.1 Å². The minimum absolute atomic E-state index is 0.00790. The van der Waals surface area contributed by atoms with Crippen LogP contribution in [0.2, 0.25) is 0 Å². The minimum Gasteiger partial charge on any atom is -0.493 e. The average molecular weight is 523 g/mol. The van der Waals surface area contributed by atoms with Crippen LogP contribution in [0.5, 0.6) is 5.75 Å². The normalized spacial score (nSPS) is 14.2. The van der Waals surface area contributed by atoms with Crippen LogP contribution in [0.4, 0.5) is 5.69 Å². The van der Waals surface area contributed by atoms with Gasteiger partial charge in [-0.25, -0.2) is 13.4 Å². The third-order valence-electron chi connectivity index (χ3n) is 5.75. The highest BCUT2D eigenvalue weighted by Crippen LogP contribution is 2.34. The molecule has 0 spiro atoms. The summed E-state index contributed by atoms with van der Waals surface area (Å²) >= 11 is 0. The first-order valence-corrected chi connectivity index (χ1v) is 13.0. The van der Waals surface area contributed by atoms with E-state index in [4.69, 9.17) is 10.1 Å². The Kier molecular flexibility index (Phi) is 8.63. The smallest absolute Gasteiger partial charge is 0.294 e. The van der Waals surface area contributed by atoms with E-state index in [1.807, 2.05) is 6.92 Å². The van der Waals surface area contributed by atoms with E-state index in [1.54, 1.807) is 14.0 Å². The van der Waals surface area contributed by atoms with Crippen molar-refractivity contribution in [2.75, 3.05) is 38.7 Å². The zero-order valence-electron chi connectivity index (χ0n) is 20.4. The van der Waals surface area contributed by atoms with Crippen LogP contribution in [-0.4, -0.2) is 66.8 Å². The van der Waals surface area contributed by atoms with Crippen molar-refractivity contribution in [1.29, 1.82) is 5.41 Å². The number of hydrogen-bond acceptors (Lipinski definition) is 10. The van der Waals surface area contributed by atoms with E-state index in [2.05, 4.69) is 20.1 Å². The first-order chi connectivity index (χ1) is 17.1. The van der Waals surface area contributed by atoms with Crippen molar-refractivity contribution in [1.82, 2.24) is 14.3 Å². The summed E-state index contributed by atoms with van der Waals surface area (Å²) in [4.78, 5) is 34.5. The van der Waals surface area contributed by atoms with Gasteiger partial charge in [0, 0.05) is 20.1 Å². The maximum atomic E-state index is 13.2. The van der Waals surface area contributed by atoms with Gasteiger partial charge in [0.2, 0.25) is 10.0 Å². The number of nitrogens with zero attached hydrogens (tertiary/aromatic N) is 3. The molecule has 1 aliphatic rings. The molecule has 0 aliphatic carbocycles. The summed E-state index contributed by atoms with van der Waals surface area (Å²) in [6.07, 6.45) is 1.48. The highest BCUT2D eigenvalue weighted by atomic mass is 32.2. The van der Waals surface area contributed by atoms with Gasteiger partial charge in [-0.3, -0.25) is 4.79 Å². The predicted molar refractivity (Wildman–Crippen MR) is 133 cm³/mol. The monoisotopic (exact) mass is 522 g/mol. The molecular weight excluding hydrogens is 492 g/mol. The number of hydrogen-bond donors (Lipinski definition) is 3. The van der Waals surface area contributed by atoms with Crippen LogP contribution in [0.25, 0.3) is 11.4 Å². The van der Waals surface area contributed by atoms with E-state index in [-0.39, 0.29) is 59.0 Å². The number of benzene rings is 1. The van der Waals surface area contributed by atoms with Gasteiger partial charge in [0.15, 0.2) is 0 Å². The SMILES string of the molecule is CCCC(=N)c1nc(-c2cc(S(=O)(=O)N3CC(CCO[N+](=O)[O-])C3)ccc2OCC)[nH]c(=O)c1NC. The van der Waals surface area contributed by atoms with E-state index in [0.29, 0.717) is 31.6 Å². The molecule has 1 aliphatic heterocycles. The van der Waals surface area contributed by atoms with Crippen LogP contribution in [0.1, 0.15) is 38.8 Å². The van der Waals surface area contributed by atoms with Crippen molar-refractivity contribution in [2.45, 2.75) is 38.0 Å². The van der Waals surface area contributed by atoms with Crippen molar-refractivity contribution in [3.8, 4) is 17.1 Å². The van der Waals surface area contributed by atoms with Gasteiger partial charge in [-0.2, -0.15) is 4.31 Å². The quantitative estimate of drug-likeness (QED) is 0.202. The van der Waals surface area contributed by atoms with Gasteiger partial charge in [0.05, 0.1) is 29.4 Å². The Labute approximate surface area is 208 Å². The molecule has 0 atom stereocenters. The highest BCUT2D eigenvalue weighted by Gasteiger charge is 2.37. The van der Waals surface area contributed by atoms with E-state index < -0.39 is 20.7 Å². The Hall–Kier alpha value is -3.52. The lowest BCUT2D eigenvalue weighted by Crippen LogP contribution is -2.50. The van der Waals surface area contributed by atoms with Crippen molar-refractivity contribution in [3.63, 3.8) is 0 Å². The number of nitrogens with one attached hydrogen (secondary N) is 3. The molecule has 36 heavy (non-hydrogen) atoms. The summed E-state index contributed by atoms with van der Waals surface area (Å²) in [7, 11) is -2.30. The Morgan fingerprint density at radius 1 is 1.36 bits per heavy atom. The molecule has 3 rings (SSSR count). The Morgan fingerprint density at radius 2 is 2.08 bits per heavy atom. The Morgan fingerprint density at radius 3 is 2.69 bits per heavy atom. The molecule has 3 N–H and O–H groups in total. The number of ether oxygens (including phenoxy) is 1. The van der Waals surface area contributed by atoms with Crippen molar-refractivity contribution >= 4 is 21.4 Å². The van der Waals surface area contributed by atoms with Gasteiger partial charge >= 0.3 is 0 Å². The Balaban J connectivity index is 1.96. The molecule has 0 saturated carbocycles. The second-order valence-corrected chi connectivity index (χ2v) is 10.2. The molecule has 1 saturated heterocycles. The lowest BCUT2D eigenvalue weighted by molar-refractivity contribution is -0.758. The molecule has 196 valence electrons. The second kappa shape index (κ2) is 11.5. The standard InChI is InChI=1S/C22H30N6O7S/c1-4-6-17(23)19-20(24-3)22(29)26-21(25-19)16-11-15(7-8-18(16)34-5-2)36(32,33)27-12-14(13-27)9-10-35-28(30)31/h7-8,11,14,23-24H,4-6,9-10,12-13H2,1-3H3,(H,25,26,29). The van der Waals surface area contributed by atoms with Crippen LogP contribution >= 0.6 is 0 Å². The molecule has 2 heterocycles. The molecule has 13 nitrogen and oxygen atoms in total. The number of anilines is 1. The highest BCUT2D eigenvalue weighted by molar-refractivity contribution is 7.89. The summed E-state index contributed by atoms with van der Waals surface area (Å²) in [6.45, 7) is 4.34. The summed E-state index contributed by atoms with van der Waals surface area (Å²) in [5.41, 5.74) is 0.322. The number of rotatable bonds is 13. The van der Waals surface area contributed by atoms with Crippen molar-refractivity contribution in [2.24, 2.45) is 5.92 Å². The van der Waals surface area contributed by atoms with E-state index in [0.717, 1.165) is 0 Å². The molecule has 0 unspecified atom stereocenters. The van der Waals surface area contributed by atoms with Gasteiger partial charge in [-0.05, 0) is 43.9 Å². The number of aromatic amines is 1. The van der Waals surface area contributed by atoms with Gasteiger partial charge in [-0.1, -0.05) is 13.3 Å². The average Bonchev–Trinajstić information content (AvgIpc) is 2.80. The molecule has 0 radical (unpaired) electrons. The fraction of sp³-hybridized carbons (Fsp3) is 0.500. The van der Waals surface area contributed by atoms with E-state index in [9.17, 15) is 23.3 Å².